The second kappa shape index (κ2) is 4.87. The summed E-state index contributed by atoms with van der Waals surface area (Å²) in [5.41, 5.74) is 7.16. The lowest BCUT2D eigenvalue weighted by Crippen LogP contribution is -2.44. The first kappa shape index (κ1) is 12.5. The molecule has 2 heterocycles. The highest BCUT2D eigenvalue weighted by Crippen LogP contribution is 2.44. The number of hydrogen-bond acceptors (Lipinski definition) is 3. The highest BCUT2D eigenvalue weighted by atomic mass is 16.2. The van der Waals surface area contributed by atoms with Crippen molar-refractivity contribution in [2.75, 3.05) is 18.8 Å². The maximum absolute atomic E-state index is 12.3. The van der Waals surface area contributed by atoms with Crippen molar-refractivity contribution in [3.8, 4) is 0 Å². The fourth-order valence-corrected chi connectivity index (χ4v) is 3.61. The number of carbonyl (C=O) groups excluding carboxylic acids is 1. The number of amides is 1. The number of H-pyrrole nitrogens is 1. The minimum absolute atomic E-state index is 0.000611. The lowest BCUT2D eigenvalue weighted by molar-refractivity contribution is 0.0468. The van der Waals surface area contributed by atoms with Crippen LogP contribution in [0.4, 0.5) is 5.69 Å². The summed E-state index contributed by atoms with van der Waals surface area (Å²) in [6.07, 6.45) is 10.6. The molecule has 3 N–H and O–H groups in total. The summed E-state index contributed by atoms with van der Waals surface area (Å²) >= 11 is 0. The lowest BCUT2D eigenvalue weighted by atomic mass is 9.68. The van der Waals surface area contributed by atoms with Crippen molar-refractivity contribution in [1.29, 1.82) is 0 Å². The fourth-order valence-electron chi connectivity index (χ4n) is 3.61. The molecule has 2 fully saturated rings. The molecular weight excluding hydrogens is 240 g/mol. The summed E-state index contributed by atoms with van der Waals surface area (Å²) in [7, 11) is 0. The Morgan fingerprint density at radius 1 is 1.21 bits per heavy atom. The Labute approximate surface area is 113 Å². The number of likely N-dealkylation sites (tertiary alicyclic amines) is 1. The van der Waals surface area contributed by atoms with Gasteiger partial charge in [-0.1, -0.05) is 19.3 Å². The molecule has 1 aromatic rings. The van der Waals surface area contributed by atoms with Crippen LogP contribution in [0, 0.1) is 5.41 Å². The fraction of sp³-hybridized carbons (Fsp3) is 0.714. The zero-order chi connectivity index (χ0) is 13.3. The summed E-state index contributed by atoms with van der Waals surface area (Å²) in [5.74, 6) is 0.000611. The predicted molar refractivity (Wildman–Crippen MR) is 73.7 cm³/mol. The van der Waals surface area contributed by atoms with Gasteiger partial charge < -0.3 is 10.6 Å². The van der Waals surface area contributed by atoms with Gasteiger partial charge in [-0.25, -0.2) is 0 Å². The molecule has 0 bridgehead atoms. The zero-order valence-corrected chi connectivity index (χ0v) is 11.3. The van der Waals surface area contributed by atoms with Crippen LogP contribution in [-0.4, -0.2) is 34.1 Å². The molecule has 3 rings (SSSR count). The Morgan fingerprint density at radius 2 is 1.89 bits per heavy atom. The van der Waals surface area contributed by atoms with E-state index in [-0.39, 0.29) is 5.91 Å². The standard InChI is InChI=1S/C14H22N4O/c15-11-10-16-17-12(11)13(19)18-8-6-14(7-9-18)4-2-1-3-5-14/h10H,1-9,15H2,(H,16,17). The Kier molecular flexibility index (Phi) is 3.21. The number of aromatic amines is 1. The largest absolute Gasteiger partial charge is 0.396 e. The number of rotatable bonds is 1. The molecule has 1 aromatic heterocycles. The van der Waals surface area contributed by atoms with E-state index in [0.717, 1.165) is 25.9 Å². The molecule has 1 amide bonds. The first-order chi connectivity index (χ1) is 9.20. The Bertz CT molecular complexity index is 452. The molecule has 0 aromatic carbocycles. The second-order valence-corrected chi connectivity index (χ2v) is 6.05. The van der Waals surface area contributed by atoms with Gasteiger partial charge in [0.05, 0.1) is 11.9 Å². The Morgan fingerprint density at radius 3 is 2.47 bits per heavy atom. The van der Waals surface area contributed by atoms with E-state index in [1.165, 1.54) is 38.3 Å². The van der Waals surface area contributed by atoms with Crippen molar-refractivity contribution in [3.05, 3.63) is 11.9 Å². The van der Waals surface area contributed by atoms with Crippen LogP contribution in [0.15, 0.2) is 6.20 Å². The van der Waals surface area contributed by atoms with E-state index in [1.807, 2.05) is 4.90 Å². The molecule has 0 radical (unpaired) electrons. The number of piperidine rings is 1. The summed E-state index contributed by atoms with van der Waals surface area (Å²) < 4.78 is 0. The van der Waals surface area contributed by atoms with E-state index in [2.05, 4.69) is 10.2 Å². The van der Waals surface area contributed by atoms with E-state index < -0.39 is 0 Å². The van der Waals surface area contributed by atoms with Gasteiger partial charge in [-0.2, -0.15) is 5.10 Å². The molecule has 1 aliphatic carbocycles. The number of aromatic nitrogens is 2. The average Bonchev–Trinajstić information content (AvgIpc) is 2.86. The zero-order valence-electron chi connectivity index (χ0n) is 11.3. The van der Waals surface area contributed by atoms with Crippen LogP contribution in [-0.2, 0) is 0 Å². The van der Waals surface area contributed by atoms with E-state index in [1.54, 1.807) is 0 Å². The molecule has 104 valence electrons. The monoisotopic (exact) mass is 262 g/mol. The third kappa shape index (κ3) is 2.33. The van der Waals surface area contributed by atoms with Crippen molar-refractivity contribution in [1.82, 2.24) is 15.1 Å². The number of nitrogen functional groups attached to an aromatic ring is 1. The van der Waals surface area contributed by atoms with Crippen LogP contribution < -0.4 is 5.73 Å². The van der Waals surface area contributed by atoms with Crippen molar-refractivity contribution in [3.63, 3.8) is 0 Å². The van der Waals surface area contributed by atoms with Gasteiger partial charge in [-0.15, -0.1) is 0 Å². The van der Waals surface area contributed by atoms with Crippen LogP contribution in [0.2, 0.25) is 0 Å². The normalized spacial score (nSPS) is 22.6. The smallest absolute Gasteiger partial charge is 0.274 e. The molecule has 1 saturated carbocycles. The van der Waals surface area contributed by atoms with Gasteiger partial charge in [-0.05, 0) is 31.1 Å². The minimum atomic E-state index is 0.000611. The van der Waals surface area contributed by atoms with E-state index in [9.17, 15) is 4.79 Å². The van der Waals surface area contributed by atoms with E-state index >= 15 is 0 Å². The van der Waals surface area contributed by atoms with Gasteiger partial charge in [0.2, 0.25) is 0 Å². The average molecular weight is 262 g/mol. The van der Waals surface area contributed by atoms with Crippen LogP contribution >= 0.6 is 0 Å². The molecular formula is C14H22N4O. The van der Waals surface area contributed by atoms with E-state index in [0.29, 0.717) is 16.8 Å². The summed E-state index contributed by atoms with van der Waals surface area (Å²) in [6.45, 7) is 1.72. The SMILES string of the molecule is Nc1cn[nH]c1C(=O)N1CCC2(CCCCC2)CC1. The molecule has 1 saturated heterocycles. The highest BCUT2D eigenvalue weighted by molar-refractivity contribution is 5.97. The lowest BCUT2D eigenvalue weighted by Gasteiger charge is -2.44. The minimum Gasteiger partial charge on any atom is -0.396 e. The van der Waals surface area contributed by atoms with Crippen molar-refractivity contribution >= 4 is 11.6 Å². The maximum Gasteiger partial charge on any atom is 0.274 e. The first-order valence-corrected chi connectivity index (χ1v) is 7.28. The van der Waals surface area contributed by atoms with Crippen molar-refractivity contribution in [2.45, 2.75) is 44.9 Å². The summed E-state index contributed by atoms with van der Waals surface area (Å²) in [4.78, 5) is 14.2. The van der Waals surface area contributed by atoms with Gasteiger partial charge >= 0.3 is 0 Å². The first-order valence-electron chi connectivity index (χ1n) is 7.28. The van der Waals surface area contributed by atoms with E-state index in [4.69, 9.17) is 5.73 Å². The van der Waals surface area contributed by atoms with Crippen LogP contribution in [0.3, 0.4) is 0 Å². The number of nitrogens with one attached hydrogen (secondary N) is 1. The number of anilines is 1. The third-order valence-electron chi connectivity index (χ3n) is 4.91. The molecule has 1 spiro atoms. The van der Waals surface area contributed by atoms with Gasteiger partial charge in [0.15, 0.2) is 0 Å². The summed E-state index contributed by atoms with van der Waals surface area (Å²) in [5, 5.41) is 6.53. The van der Waals surface area contributed by atoms with Crippen molar-refractivity contribution < 1.29 is 4.79 Å². The predicted octanol–water partition coefficient (Wildman–Crippen LogP) is 2.18. The quantitative estimate of drug-likeness (QED) is 0.814. The van der Waals surface area contributed by atoms with Gasteiger partial charge in [0.1, 0.15) is 5.69 Å². The van der Waals surface area contributed by atoms with Gasteiger partial charge in [0.25, 0.3) is 5.91 Å². The topological polar surface area (TPSA) is 75.0 Å². The number of nitrogens with two attached hydrogens (primary N) is 1. The molecule has 5 heteroatoms. The third-order valence-corrected chi connectivity index (χ3v) is 4.91. The molecule has 1 aliphatic heterocycles. The molecule has 19 heavy (non-hydrogen) atoms. The maximum atomic E-state index is 12.3. The van der Waals surface area contributed by atoms with Gasteiger partial charge in [0, 0.05) is 13.1 Å². The number of hydrogen-bond donors (Lipinski definition) is 2. The second-order valence-electron chi connectivity index (χ2n) is 6.05. The van der Waals surface area contributed by atoms with Crippen LogP contribution in [0.1, 0.15) is 55.4 Å². The molecule has 0 atom stereocenters. The number of carbonyl (C=O) groups is 1. The highest BCUT2D eigenvalue weighted by Gasteiger charge is 2.37. The van der Waals surface area contributed by atoms with Crippen LogP contribution in [0.25, 0.3) is 0 Å². The summed E-state index contributed by atoms with van der Waals surface area (Å²) in [6, 6.07) is 0. The Balaban J connectivity index is 1.64. The van der Waals surface area contributed by atoms with Crippen LogP contribution in [0.5, 0.6) is 0 Å². The Hall–Kier alpha value is -1.52. The molecule has 5 nitrogen and oxygen atoms in total. The number of nitrogens with zero attached hydrogens (tertiary/aromatic N) is 2. The molecule has 2 aliphatic rings. The van der Waals surface area contributed by atoms with Crippen molar-refractivity contribution in [2.24, 2.45) is 5.41 Å². The van der Waals surface area contributed by atoms with Gasteiger partial charge in [-0.3, -0.25) is 9.89 Å². The molecule has 0 unspecified atom stereocenters.